The van der Waals surface area contributed by atoms with Gasteiger partial charge in [0.05, 0.1) is 0 Å². The van der Waals surface area contributed by atoms with Gasteiger partial charge in [-0.3, -0.25) is 15.0 Å². The average Bonchev–Trinajstić information content (AvgIpc) is 3.26. The summed E-state index contributed by atoms with van der Waals surface area (Å²) in [5.41, 5.74) is 0.285. The lowest BCUT2D eigenvalue weighted by molar-refractivity contribution is -0.131. The number of aliphatic hydroxyl groups excluding tert-OH is 1. The summed E-state index contributed by atoms with van der Waals surface area (Å²) in [5.74, 6) is 0.572. The molecule has 1 amide bonds. The normalized spacial score (nSPS) is 30.8. The van der Waals surface area contributed by atoms with E-state index in [1.165, 1.54) is 6.42 Å². The minimum Gasteiger partial charge on any atom is -0.378 e. The SMILES string of the molecule is CC(C)C(O)NC1CCC2(CCN(C(=O)CCN3CCN(C(C)C)CC3)C2)C1. The molecular weight excluding hydrogens is 352 g/mol. The van der Waals surface area contributed by atoms with Crippen molar-refractivity contribution in [3.8, 4) is 0 Å². The van der Waals surface area contributed by atoms with Crippen LogP contribution in [0.25, 0.3) is 0 Å². The van der Waals surface area contributed by atoms with E-state index in [1.54, 1.807) is 0 Å². The maximum Gasteiger partial charge on any atom is 0.223 e. The summed E-state index contributed by atoms with van der Waals surface area (Å²) in [7, 11) is 0. The van der Waals surface area contributed by atoms with Crippen LogP contribution in [0.15, 0.2) is 0 Å². The predicted octanol–water partition coefficient (Wildman–Crippen LogP) is 1.74. The first-order valence-electron chi connectivity index (χ1n) is 11.5. The Morgan fingerprint density at radius 2 is 1.82 bits per heavy atom. The first-order valence-corrected chi connectivity index (χ1v) is 11.5. The van der Waals surface area contributed by atoms with E-state index in [4.69, 9.17) is 0 Å². The smallest absolute Gasteiger partial charge is 0.223 e. The molecule has 0 aromatic rings. The summed E-state index contributed by atoms with van der Waals surface area (Å²) in [5, 5.41) is 13.5. The molecule has 1 saturated carbocycles. The lowest BCUT2D eigenvalue weighted by Crippen LogP contribution is -2.49. The monoisotopic (exact) mass is 394 g/mol. The van der Waals surface area contributed by atoms with Crippen molar-refractivity contribution in [1.29, 1.82) is 0 Å². The van der Waals surface area contributed by atoms with Gasteiger partial charge in [0.1, 0.15) is 6.23 Å². The van der Waals surface area contributed by atoms with E-state index in [1.807, 2.05) is 13.8 Å². The van der Waals surface area contributed by atoms with Crippen molar-refractivity contribution in [2.24, 2.45) is 11.3 Å². The third-order valence-corrected chi connectivity index (χ3v) is 7.31. The molecule has 2 heterocycles. The molecule has 3 fully saturated rings. The van der Waals surface area contributed by atoms with Crippen molar-refractivity contribution in [2.75, 3.05) is 45.8 Å². The maximum absolute atomic E-state index is 12.8. The number of aliphatic hydroxyl groups is 1. The number of piperazine rings is 1. The van der Waals surface area contributed by atoms with Crippen LogP contribution in [0.3, 0.4) is 0 Å². The molecule has 0 bridgehead atoms. The van der Waals surface area contributed by atoms with Crippen LogP contribution in [0.2, 0.25) is 0 Å². The lowest BCUT2D eigenvalue weighted by atomic mass is 9.85. The standard InChI is InChI=1S/C22H42N4O2/c1-17(2)21(28)23-19-5-7-22(15-19)8-10-26(16-22)20(27)6-9-24-11-13-25(14-12-24)18(3)4/h17-19,21,23,28H,5-16H2,1-4H3. The first kappa shape index (κ1) is 22.0. The second-order valence-electron chi connectivity index (χ2n) is 10.1. The second kappa shape index (κ2) is 9.41. The third-order valence-electron chi connectivity index (χ3n) is 7.31. The second-order valence-corrected chi connectivity index (χ2v) is 10.1. The molecule has 0 radical (unpaired) electrons. The summed E-state index contributed by atoms with van der Waals surface area (Å²) >= 11 is 0. The fourth-order valence-corrected chi connectivity index (χ4v) is 5.22. The Morgan fingerprint density at radius 3 is 2.46 bits per heavy atom. The Hall–Kier alpha value is -0.690. The summed E-state index contributed by atoms with van der Waals surface area (Å²) in [4.78, 5) is 19.9. The number of amides is 1. The molecule has 2 aliphatic heterocycles. The molecule has 3 atom stereocenters. The van der Waals surface area contributed by atoms with Gasteiger partial charge in [-0.1, -0.05) is 13.8 Å². The van der Waals surface area contributed by atoms with Gasteiger partial charge in [-0.15, -0.1) is 0 Å². The highest BCUT2D eigenvalue weighted by Gasteiger charge is 2.45. The molecular formula is C22H42N4O2. The lowest BCUT2D eigenvalue weighted by Gasteiger charge is -2.37. The maximum atomic E-state index is 12.8. The molecule has 1 aliphatic carbocycles. The van der Waals surface area contributed by atoms with Gasteiger partial charge in [0.15, 0.2) is 0 Å². The van der Waals surface area contributed by atoms with Gasteiger partial charge in [0.25, 0.3) is 0 Å². The van der Waals surface area contributed by atoms with Gasteiger partial charge in [0.2, 0.25) is 5.91 Å². The number of nitrogens with zero attached hydrogens (tertiary/aromatic N) is 3. The number of rotatable bonds is 7. The van der Waals surface area contributed by atoms with Crippen LogP contribution < -0.4 is 5.32 Å². The predicted molar refractivity (Wildman–Crippen MR) is 113 cm³/mol. The quantitative estimate of drug-likeness (QED) is 0.644. The minimum atomic E-state index is -0.421. The van der Waals surface area contributed by atoms with Gasteiger partial charge in [-0.05, 0) is 50.9 Å². The van der Waals surface area contributed by atoms with Crippen LogP contribution >= 0.6 is 0 Å². The molecule has 162 valence electrons. The third kappa shape index (κ3) is 5.47. The Bertz CT molecular complexity index is 519. The summed E-state index contributed by atoms with van der Waals surface area (Å²) in [6.07, 6.45) is 4.75. The Labute approximate surface area is 171 Å². The first-order chi connectivity index (χ1) is 13.3. The molecule has 2 saturated heterocycles. The zero-order chi connectivity index (χ0) is 20.3. The number of likely N-dealkylation sites (tertiary alicyclic amines) is 1. The highest BCUT2D eigenvalue weighted by Crippen LogP contribution is 2.45. The summed E-state index contributed by atoms with van der Waals surface area (Å²) in [6.45, 7) is 15.7. The molecule has 3 aliphatic rings. The van der Waals surface area contributed by atoms with Crippen LogP contribution in [-0.4, -0.2) is 89.8 Å². The van der Waals surface area contributed by atoms with E-state index in [9.17, 15) is 9.90 Å². The van der Waals surface area contributed by atoms with E-state index in [2.05, 4.69) is 33.9 Å². The molecule has 6 nitrogen and oxygen atoms in total. The van der Waals surface area contributed by atoms with Gasteiger partial charge in [-0.2, -0.15) is 0 Å². The highest BCUT2D eigenvalue weighted by molar-refractivity contribution is 5.76. The van der Waals surface area contributed by atoms with Crippen molar-refractivity contribution in [3.63, 3.8) is 0 Å². The van der Waals surface area contributed by atoms with E-state index >= 15 is 0 Å². The molecule has 0 aromatic carbocycles. The van der Waals surface area contributed by atoms with E-state index < -0.39 is 6.23 Å². The zero-order valence-corrected chi connectivity index (χ0v) is 18.5. The van der Waals surface area contributed by atoms with E-state index in [0.29, 0.717) is 24.4 Å². The Morgan fingerprint density at radius 1 is 1.11 bits per heavy atom. The summed E-state index contributed by atoms with van der Waals surface area (Å²) < 4.78 is 0. The molecule has 0 aromatic heterocycles. The van der Waals surface area contributed by atoms with Crippen molar-refractivity contribution < 1.29 is 9.90 Å². The van der Waals surface area contributed by atoms with Crippen LogP contribution in [0, 0.1) is 11.3 Å². The van der Waals surface area contributed by atoms with Crippen molar-refractivity contribution >= 4 is 5.91 Å². The molecule has 1 spiro atoms. The van der Waals surface area contributed by atoms with Crippen molar-refractivity contribution in [1.82, 2.24) is 20.0 Å². The number of nitrogens with one attached hydrogen (secondary N) is 1. The Balaban J connectivity index is 1.39. The van der Waals surface area contributed by atoms with Gasteiger partial charge < -0.3 is 14.9 Å². The van der Waals surface area contributed by atoms with Gasteiger partial charge in [-0.25, -0.2) is 0 Å². The minimum absolute atomic E-state index is 0.237. The highest BCUT2D eigenvalue weighted by atomic mass is 16.3. The molecule has 28 heavy (non-hydrogen) atoms. The van der Waals surface area contributed by atoms with Crippen molar-refractivity contribution in [3.05, 3.63) is 0 Å². The number of hydrogen-bond acceptors (Lipinski definition) is 5. The summed E-state index contributed by atoms with van der Waals surface area (Å²) in [6, 6.07) is 1.01. The van der Waals surface area contributed by atoms with E-state index in [0.717, 1.165) is 65.1 Å². The average molecular weight is 395 g/mol. The van der Waals surface area contributed by atoms with Crippen LogP contribution in [-0.2, 0) is 4.79 Å². The molecule has 2 N–H and O–H groups in total. The zero-order valence-electron chi connectivity index (χ0n) is 18.5. The van der Waals surface area contributed by atoms with Gasteiger partial charge >= 0.3 is 0 Å². The fraction of sp³-hybridized carbons (Fsp3) is 0.955. The van der Waals surface area contributed by atoms with Crippen LogP contribution in [0.1, 0.15) is 59.8 Å². The molecule has 3 unspecified atom stereocenters. The van der Waals surface area contributed by atoms with Gasteiger partial charge in [0, 0.05) is 64.3 Å². The molecule has 6 heteroatoms. The number of hydrogen-bond donors (Lipinski definition) is 2. The number of carbonyl (C=O) groups is 1. The Kier molecular flexibility index (Phi) is 7.40. The topological polar surface area (TPSA) is 59.1 Å². The number of carbonyl (C=O) groups excluding carboxylic acids is 1. The van der Waals surface area contributed by atoms with E-state index in [-0.39, 0.29) is 11.3 Å². The van der Waals surface area contributed by atoms with Crippen molar-refractivity contribution in [2.45, 2.75) is 78.1 Å². The van der Waals surface area contributed by atoms with Crippen LogP contribution in [0.4, 0.5) is 0 Å². The van der Waals surface area contributed by atoms with Crippen LogP contribution in [0.5, 0.6) is 0 Å². The fourth-order valence-electron chi connectivity index (χ4n) is 5.22. The largest absolute Gasteiger partial charge is 0.378 e. The molecule has 3 rings (SSSR count).